The fraction of sp³-hybridized carbons (Fsp3) is 0.333. The molecule has 2 amide bonds. The first-order valence-corrected chi connectivity index (χ1v) is 11.5. The first kappa shape index (κ1) is 21.5. The molecule has 0 bridgehead atoms. The van der Waals surface area contributed by atoms with Crippen LogP contribution in [0.2, 0.25) is 0 Å². The smallest absolute Gasteiger partial charge is 0.262 e. The zero-order chi connectivity index (χ0) is 21.6. The highest BCUT2D eigenvalue weighted by molar-refractivity contribution is 8.04. The molecular formula is C24H28N3O3S+. The normalized spacial score (nSPS) is 17.3. The van der Waals surface area contributed by atoms with Crippen molar-refractivity contribution in [2.45, 2.75) is 24.2 Å². The number of rotatable bonds is 7. The standard InChI is InChI=1S/C24H27N3O3S/c1-30-19-8-5-17(6-9-19)15-22-24(29)26-20-16-18(7-10-21(20)31-22)23(28)25-11-4-14-27-12-2-3-13-27/h5-10,15-16H,2-4,11-14H2,1H3,(H,25,28)(H,26,29)/p+1. The predicted octanol–water partition coefficient (Wildman–Crippen LogP) is 2.58. The molecule has 2 aromatic rings. The summed E-state index contributed by atoms with van der Waals surface area (Å²) in [5.74, 6) is 0.508. The van der Waals surface area contributed by atoms with Gasteiger partial charge in [0.15, 0.2) is 0 Å². The molecule has 0 atom stereocenters. The largest absolute Gasteiger partial charge is 0.497 e. The first-order valence-electron chi connectivity index (χ1n) is 10.7. The average Bonchev–Trinajstić information content (AvgIpc) is 3.31. The van der Waals surface area contributed by atoms with Crippen molar-refractivity contribution < 1.29 is 19.2 Å². The number of thioether (sulfide) groups is 1. The highest BCUT2D eigenvalue weighted by Crippen LogP contribution is 2.39. The molecule has 2 heterocycles. The SMILES string of the molecule is COc1ccc(C=C2Sc3ccc(C(=O)NCCC[NH+]4CCCC4)cc3NC2=O)cc1. The molecule has 0 saturated carbocycles. The van der Waals surface area contributed by atoms with Crippen LogP contribution in [0.3, 0.4) is 0 Å². The summed E-state index contributed by atoms with van der Waals surface area (Å²) in [6.45, 7) is 4.30. The molecule has 0 radical (unpaired) electrons. The van der Waals surface area contributed by atoms with Crippen molar-refractivity contribution in [3.05, 3.63) is 58.5 Å². The van der Waals surface area contributed by atoms with Gasteiger partial charge in [-0.1, -0.05) is 23.9 Å². The van der Waals surface area contributed by atoms with Gasteiger partial charge >= 0.3 is 0 Å². The van der Waals surface area contributed by atoms with Crippen LogP contribution in [0.15, 0.2) is 52.3 Å². The van der Waals surface area contributed by atoms with Gasteiger partial charge < -0.3 is 20.3 Å². The lowest BCUT2D eigenvalue weighted by molar-refractivity contribution is -0.887. The van der Waals surface area contributed by atoms with Gasteiger partial charge in [-0.2, -0.15) is 0 Å². The van der Waals surface area contributed by atoms with Crippen molar-refractivity contribution in [2.75, 3.05) is 38.6 Å². The number of amides is 2. The summed E-state index contributed by atoms with van der Waals surface area (Å²) < 4.78 is 5.17. The molecule has 31 heavy (non-hydrogen) atoms. The number of quaternary nitrogens is 1. The molecule has 1 fully saturated rings. The molecule has 3 N–H and O–H groups in total. The van der Waals surface area contributed by atoms with Gasteiger partial charge in [0, 0.05) is 36.3 Å². The van der Waals surface area contributed by atoms with Gasteiger partial charge in [0.2, 0.25) is 0 Å². The van der Waals surface area contributed by atoms with E-state index in [9.17, 15) is 9.59 Å². The Morgan fingerprint density at radius 2 is 1.97 bits per heavy atom. The van der Waals surface area contributed by atoms with E-state index in [1.54, 1.807) is 18.1 Å². The van der Waals surface area contributed by atoms with Crippen LogP contribution in [0.25, 0.3) is 6.08 Å². The van der Waals surface area contributed by atoms with Crippen LogP contribution in [0.5, 0.6) is 5.75 Å². The zero-order valence-electron chi connectivity index (χ0n) is 17.7. The van der Waals surface area contributed by atoms with Gasteiger partial charge in [-0.05, 0) is 42.0 Å². The summed E-state index contributed by atoms with van der Waals surface area (Å²) >= 11 is 1.41. The molecule has 0 unspecified atom stereocenters. The van der Waals surface area contributed by atoms with Crippen LogP contribution < -0.4 is 20.3 Å². The number of carbonyl (C=O) groups is 2. The highest BCUT2D eigenvalue weighted by atomic mass is 32.2. The predicted molar refractivity (Wildman–Crippen MR) is 124 cm³/mol. The van der Waals surface area contributed by atoms with Gasteiger partial charge in [0.1, 0.15) is 5.75 Å². The Morgan fingerprint density at radius 3 is 2.71 bits per heavy atom. The fourth-order valence-corrected chi connectivity index (χ4v) is 4.85. The van der Waals surface area contributed by atoms with Gasteiger partial charge in [-0.3, -0.25) is 9.59 Å². The van der Waals surface area contributed by atoms with E-state index >= 15 is 0 Å². The number of anilines is 1. The molecule has 4 rings (SSSR count). The van der Waals surface area contributed by atoms with E-state index in [0.717, 1.165) is 29.2 Å². The number of likely N-dealkylation sites (tertiary alicyclic amines) is 1. The van der Waals surface area contributed by atoms with Crippen molar-refractivity contribution in [3.63, 3.8) is 0 Å². The lowest BCUT2D eigenvalue weighted by atomic mass is 10.1. The number of hydrogen-bond donors (Lipinski definition) is 3. The van der Waals surface area contributed by atoms with Gasteiger partial charge in [0.25, 0.3) is 11.8 Å². The maximum absolute atomic E-state index is 12.6. The summed E-state index contributed by atoms with van der Waals surface area (Å²) in [7, 11) is 1.62. The third kappa shape index (κ3) is 5.48. The molecule has 2 aliphatic heterocycles. The molecule has 6 nitrogen and oxygen atoms in total. The highest BCUT2D eigenvalue weighted by Gasteiger charge is 2.22. The maximum Gasteiger partial charge on any atom is 0.262 e. The van der Waals surface area contributed by atoms with Gasteiger partial charge in [-0.15, -0.1) is 0 Å². The number of carbonyl (C=O) groups excluding carboxylic acids is 2. The summed E-state index contributed by atoms with van der Waals surface area (Å²) in [5, 5.41) is 5.91. The van der Waals surface area contributed by atoms with E-state index in [2.05, 4.69) is 10.6 Å². The lowest BCUT2D eigenvalue weighted by Gasteiger charge is -2.19. The second kappa shape index (κ2) is 10.0. The first-order chi connectivity index (χ1) is 15.1. The maximum atomic E-state index is 12.6. The molecule has 7 heteroatoms. The monoisotopic (exact) mass is 438 g/mol. The topological polar surface area (TPSA) is 71.9 Å². The summed E-state index contributed by atoms with van der Waals surface area (Å²) in [6, 6.07) is 13.0. The molecule has 2 aliphatic rings. The van der Waals surface area contributed by atoms with E-state index in [1.807, 2.05) is 42.5 Å². The number of ether oxygens (including phenoxy) is 1. The number of fused-ring (bicyclic) bond motifs is 1. The molecule has 162 valence electrons. The van der Waals surface area contributed by atoms with Crippen molar-refractivity contribution in [1.82, 2.24) is 5.32 Å². The zero-order valence-corrected chi connectivity index (χ0v) is 18.5. The van der Waals surface area contributed by atoms with Gasteiger partial charge in [-0.25, -0.2) is 0 Å². The fourth-order valence-electron chi connectivity index (χ4n) is 3.92. The Bertz CT molecular complexity index is 982. The van der Waals surface area contributed by atoms with E-state index in [0.29, 0.717) is 22.7 Å². The molecular weight excluding hydrogens is 410 g/mol. The minimum Gasteiger partial charge on any atom is -0.497 e. The molecule has 1 saturated heterocycles. The van der Waals surface area contributed by atoms with Crippen molar-refractivity contribution in [3.8, 4) is 5.75 Å². The van der Waals surface area contributed by atoms with Crippen LogP contribution >= 0.6 is 11.8 Å². The minimum absolute atomic E-state index is 0.0990. The second-order valence-electron chi connectivity index (χ2n) is 7.87. The quantitative estimate of drug-likeness (QED) is 0.459. The Hall–Kier alpha value is -2.77. The Kier molecular flexibility index (Phi) is 6.94. The van der Waals surface area contributed by atoms with E-state index in [4.69, 9.17) is 4.74 Å². The third-order valence-electron chi connectivity index (χ3n) is 5.65. The van der Waals surface area contributed by atoms with Crippen LogP contribution in [0.4, 0.5) is 5.69 Å². The van der Waals surface area contributed by atoms with Crippen molar-refractivity contribution >= 4 is 35.3 Å². The molecule has 0 aromatic heterocycles. The number of nitrogens with one attached hydrogen (secondary N) is 3. The molecule has 2 aromatic carbocycles. The lowest BCUT2D eigenvalue weighted by Crippen LogP contribution is -3.10. The van der Waals surface area contributed by atoms with Crippen LogP contribution in [-0.4, -0.2) is 45.1 Å². The molecule has 0 aliphatic carbocycles. The summed E-state index contributed by atoms with van der Waals surface area (Å²) in [4.78, 5) is 28.3. The van der Waals surface area contributed by atoms with E-state index < -0.39 is 0 Å². The Balaban J connectivity index is 1.36. The van der Waals surface area contributed by atoms with Crippen LogP contribution in [0.1, 0.15) is 35.2 Å². The Labute approximate surface area is 187 Å². The number of benzene rings is 2. The van der Waals surface area contributed by atoms with E-state index in [1.165, 1.54) is 37.7 Å². The number of methoxy groups -OCH3 is 1. The summed E-state index contributed by atoms with van der Waals surface area (Å²) in [5.41, 5.74) is 2.17. The Morgan fingerprint density at radius 1 is 1.19 bits per heavy atom. The van der Waals surface area contributed by atoms with Crippen LogP contribution in [-0.2, 0) is 4.79 Å². The minimum atomic E-state index is -0.167. The number of hydrogen-bond acceptors (Lipinski definition) is 4. The van der Waals surface area contributed by atoms with Crippen molar-refractivity contribution in [1.29, 1.82) is 0 Å². The van der Waals surface area contributed by atoms with Crippen LogP contribution in [0, 0.1) is 0 Å². The summed E-state index contributed by atoms with van der Waals surface area (Å²) in [6.07, 6.45) is 5.47. The second-order valence-corrected chi connectivity index (χ2v) is 8.95. The van der Waals surface area contributed by atoms with Gasteiger partial charge in [0.05, 0.1) is 37.3 Å². The third-order valence-corrected chi connectivity index (χ3v) is 6.75. The van der Waals surface area contributed by atoms with Crippen molar-refractivity contribution in [2.24, 2.45) is 0 Å². The average molecular weight is 439 g/mol. The van der Waals surface area contributed by atoms with E-state index in [-0.39, 0.29) is 11.8 Å². The molecule has 0 spiro atoms.